The molecule has 20 heavy (non-hydrogen) atoms. The van der Waals surface area contributed by atoms with Crippen LogP contribution in [0.2, 0.25) is 0 Å². The normalized spacial score (nSPS) is 16.9. The van der Waals surface area contributed by atoms with Gasteiger partial charge in [-0.15, -0.1) is 0 Å². The van der Waals surface area contributed by atoms with E-state index in [1.165, 1.54) is 12.8 Å². The number of hydrogen-bond acceptors (Lipinski definition) is 3. The third-order valence-corrected chi connectivity index (χ3v) is 3.27. The second-order valence-corrected chi connectivity index (χ2v) is 5.07. The van der Waals surface area contributed by atoms with Gasteiger partial charge in [0.1, 0.15) is 11.9 Å². The lowest BCUT2D eigenvalue weighted by Crippen LogP contribution is -2.03. The average molecular weight is 276 g/mol. The first-order valence-electron chi connectivity index (χ1n) is 7.43. The maximum absolute atomic E-state index is 5.69. The maximum Gasteiger partial charge on any atom is 0.119 e. The van der Waals surface area contributed by atoms with Crippen molar-refractivity contribution in [2.45, 2.75) is 31.8 Å². The van der Waals surface area contributed by atoms with E-state index in [9.17, 15) is 0 Å². The molecule has 0 amide bonds. The third kappa shape index (κ3) is 6.22. The van der Waals surface area contributed by atoms with Gasteiger partial charge in [-0.05, 0) is 37.0 Å². The summed E-state index contributed by atoms with van der Waals surface area (Å²) in [7, 11) is 0. The lowest BCUT2D eigenvalue weighted by atomic mass is 10.2. The minimum absolute atomic E-state index is 0.385. The summed E-state index contributed by atoms with van der Waals surface area (Å²) in [4.78, 5) is 0. The van der Waals surface area contributed by atoms with E-state index in [0.29, 0.717) is 6.10 Å². The molecule has 3 heteroatoms. The zero-order chi connectivity index (χ0) is 14.0. The van der Waals surface area contributed by atoms with Crippen LogP contribution in [-0.4, -0.2) is 32.5 Å². The summed E-state index contributed by atoms with van der Waals surface area (Å²) in [6.07, 6.45) is 6.82. The highest BCUT2D eigenvalue weighted by atomic mass is 16.6. The van der Waals surface area contributed by atoms with E-state index in [-0.39, 0.29) is 0 Å². The van der Waals surface area contributed by atoms with Gasteiger partial charge in [0.05, 0.1) is 19.8 Å². The molecule has 3 nitrogen and oxygen atoms in total. The van der Waals surface area contributed by atoms with Gasteiger partial charge in [-0.2, -0.15) is 0 Å². The highest BCUT2D eigenvalue weighted by Gasteiger charge is 2.21. The first kappa shape index (κ1) is 15.1. The third-order valence-electron chi connectivity index (χ3n) is 3.27. The second-order valence-electron chi connectivity index (χ2n) is 5.07. The van der Waals surface area contributed by atoms with Gasteiger partial charge >= 0.3 is 0 Å². The topological polar surface area (TPSA) is 31.0 Å². The van der Waals surface area contributed by atoms with Crippen LogP contribution in [0.3, 0.4) is 0 Å². The molecule has 1 saturated heterocycles. The molecule has 1 heterocycles. The summed E-state index contributed by atoms with van der Waals surface area (Å²) < 4.78 is 16.3. The van der Waals surface area contributed by atoms with Gasteiger partial charge in [0.2, 0.25) is 0 Å². The van der Waals surface area contributed by atoms with Gasteiger partial charge in [0, 0.05) is 6.61 Å². The number of unbranched alkanes of at least 4 members (excludes halogenated alkanes) is 3. The van der Waals surface area contributed by atoms with E-state index in [1.54, 1.807) is 0 Å². The zero-order valence-electron chi connectivity index (χ0n) is 12.1. The van der Waals surface area contributed by atoms with Crippen LogP contribution in [0.15, 0.2) is 30.8 Å². The molecular weight excluding hydrogens is 252 g/mol. The molecule has 0 N–H and O–H groups in total. The highest BCUT2D eigenvalue weighted by Crippen LogP contribution is 2.13. The molecule has 1 atom stereocenters. The van der Waals surface area contributed by atoms with Crippen LogP contribution >= 0.6 is 0 Å². The highest BCUT2D eigenvalue weighted by molar-refractivity contribution is 5.48. The lowest BCUT2D eigenvalue weighted by Gasteiger charge is -2.06. The summed E-state index contributed by atoms with van der Waals surface area (Å²) >= 11 is 0. The van der Waals surface area contributed by atoms with Gasteiger partial charge in [-0.1, -0.05) is 31.2 Å². The van der Waals surface area contributed by atoms with Crippen molar-refractivity contribution in [3.05, 3.63) is 36.4 Å². The molecule has 1 aromatic carbocycles. The van der Waals surface area contributed by atoms with E-state index < -0.39 is 0 Å². The fourth-order valence-corrected chi connectivity index (χ4v) is 1.93. The van der Waals surface area contributed by atoms with Crippen molar-refractivity contribution in [1.82, 2.24) is 0 Å². The smallest absolute Gasteiger partial charge is 0.119 e. The number of epoxide rings is 1. The summed E-state index contributed by atoms with van der Waals surface area (Å²) in [5.74, 6) is 0.934. The number of rotatable bonds is 11. The van der Waals surface area contributed by atoms with Crippen LogP contribution in [0, 0.1) is 0 Å². The van der Waals surface area contributed by atoms with Crippen LogP contribution in [0.5, 0.6) is 5.75 Å². The molecule has 1 aromatic rings. The van der Waals surface area contributed by atoms with Crippen molar-refractivity contribution in [2.75, 3.05) is 26.4 Å². The Hall–Kier alpha value is -1.32. The van der Waals surface area contributed by atoms with Gasteiger partial charge < -0.3 is 14.2 Å². The fourth-order valence-electron chi connectivity index (χ4n) is 1.93. The van der Waals surface area contributed by atoms with Crippen LogP contribution < -0.4 is 4.74 Å². The summed E-state index contributed by atoms with van der Waals surface area (Å²) in [5, 5.41) is 0. The Kier molecular flexibility index (Phi) is 6.61. The van der Waals surface area contributed by atoms with Crippen molar-refractivity contribution in [3.63, 3.8) is 0 Å². The molecule has 0 aliphatic carbocycles. The van der Waals surface area contributed by atoms with Gasteiger partial charge in [0.15, 0.2) is 0 Å². The van der Waals surface area contributed by atoms with Gasteiger partial charge in [-0.25, -0.2) is 0 Å². The minimum atomic E-state index is 0.385. The molecule has 1 aliphatic rings. The molecule has 1 unspecified atom stereocenters. The first-order valence-corrected chi connectivity index (χ1v) is 7.43. The summed E-state index contributed by atoms with van der Waals surface area (Å²) in [5.41, 5.74) is 1.12. The lowest BCUT2D eigenvalue weighted by molar-refractivity contribution is 0.112. The quantitative estimate of drug-likeness (QED) is 0.456. The molecule has 0 radical (unpaired) electrons. The Morgan fingerprint density at radius 1 is 1.10 bits per heavy atom. The number of benzene rings is 1. The Morgan fingerprint density at radius 2 is 1.80 bits per heavy atom. The molecule has 0 saturated carbocycles. The largest absolute Gasteiger partial charge is 0.494 e. The molecule has 2 rings (SSSR count). The Bertz CT molecular complexity index is 382. The average Bonchev–Trinajstić information content (AvgIpc) is 3.30. The van der Waals surface area contributed by atoms with Crippen LogP contribution in [0.4, 0.5) is 0 Å². The predicted octanol–water partition coefficient (Wildman–Crippen LogP) is 3.68. The monoisotopic (exact) mass is 276 g/mol. The summed E-state index contributed by atoms with van der Waals surface area (Å²) in [6.45, 7) is 7.01. The molecular formula is C17H24O3. The fraction of sp³-hybridized carbons (Fsp3) is 0.529. The van der Waals surface area contributed by atoms with E-state index in [1.807, 2.05) is 30.3 Å². The van der Waals surface area contributed by atoms with Gasteiger partial charge in [-0.3, -0.25) is 0 Å². The van der Waals surface area contributed by atoms with E-state index in [2.05, 4.69) is 6.58 Å². The van der Waals surface area contributed by atoms with Crippen LogP contribution in [0.25, 0.3) is 6.08 Å². The standard InChI is InChI=1S/C17H24O3/c1-2-15-7-9-16(10-8-15)19-12-6-4-3-5-11-18-13-17-14-20-17/h2,7-10,17H,1,3-6,11-14H2. The van der Waals surface area contributed by atoms with Crippen molar-refractivity contribution >= 4 is 6.08 Å². The molecule has 1 fully saturated rings. The number of ether oxygens (including phenoxy) is 3. The van der Waals surface area contributed by atoms with E-state index in [4.69, 9.17) is 14.2 Å². The van der Waals surface area contributed by atoms with Crippen molar-refractivity contribution in [2.24, 2.45) is 0 Å². The van der Waals surface area contributed by atoms with E-state index >= 15 is 0 Å². The maximum atomic E-state index is 5.69. The van der Waals surface area contributed by atoms with Crippen molar-refractivity contribution in [3.8, 4) is 5.75 Å². The molecule has 0 spiro atoms. The van der Waals surface area contributed by atoms with E-state index in [0.717, 1.165) is 50.6 Å². The molecule has 110 valence electrons. The SMILES string of the molecule is C=Cc1ccc(OCCCCCCOCC2CO2)cc1. The molecule has 0 bridgehead atoms. The minimum Gasteiger partial charge on any atom is -0.494 e. The number of hydrogen-bond donors (Lipinski definition) is 0. The second kappa shape index (κ2) is 8.77. The van der Waals surface area contributed by atoms with Gasteiger partial charge in [0.25, 0.3) is 0 Å². The predicted molar refractivity (Wildman–Crippen MR) is 81.1 cm³/mol. The Balaban J connectivity index is 1.41. The Morgan fingerprint density at radius 3 is 2.45 bits per heavy atom. The van der Waals surface area contributed by atoms with Crippen LogP contribution in [0.1, 0.15) is 31.2 Å². The molecule has 0 aromatic heterocycles. The van der Waals surface area contributed by atoms with Crippen molar-refractivity contribution < 1.29 is 14.2 Å². The first-order chi connectivity index (χ1) is 9.88. The van der Waals surface area contributed by atoms with Crippen molar-refractivity contribution in [1.29, 1.82) is 0 Å². The zero-order valence-corrected chi connectivity index (χ0v) is 12.1. The molecule has 1 aliphatic heterocycles. The summed E-state index contributed by atoms with van der Waals surface area (Å²) in [6, 6.07) is 8.02. The van der Waals surface area contributed by atoms with Crippen LogP contribution in [-0.2, 0) is 9.47 Å². The Labute approximate surface area is 121 Å².